The number of aromatic nitrogens is 1. The van der Waals surface area contributed by atoms with Crippen LogP contribution in [0.15, 0.2) is 27.8 Å². The van der Waals surface area contributed by atoms with Gasteiger partial charge in [0.05, 0.1) is 0 Å². The number of rotatable bonds is 3. The minimum absolute atomic E-state index is 0.933. The van der Waals surface area contributed by atoms with Crippen LogP contribution >= 0.6 is 27.7 Å². The van der Waals surface area contributed by atoms with E-state index in [4.69, 9.17) is 0 Å². The fourth-order valence-electron chi connectivity index (χ4n) is 2.04. The summed E-state index contributed by atoms with van der Waals surface area (Å²) >= 11 is 5.40. The van der Waals surface area contributed by atoms with Crippen LogP contribution < -0.4 is 0 Å². The zero-order valence-electron chi connectivity index (χ0n) is 8.79. The number of thioether (sulfide) groups is 1. The van der Waals surface area contributed by atoms with E-state index in [2.05, 4.69) is 27.0 Å². The van der Waals surface area contributed by atoms with Crippen LogP contribution in [-0.4, -0.2) is 10.7 Å². The summed E-state index contributed by atoms with van der Waals surface area (Å²) in [7, 11) is 0. The molecule has 0 spiro atoms. The van der Waals surface area contributed by atoms with Gasteiger partial charge in [0.15, 0.2) is 0 Å². The summed E-state index contributed by atoms with van der Waals surface area (Å²) in [5, 5.41) is 0. The van der Waals surface area contributed by atoms with Crippen molar-refractivity contribution < 1.29 is 0 Å². The first-order valence-electron chi connectivity index (χ1n) is 5.58. The van der Waals surface area contributed by atoms with E-state index in [0.29, 0.717) is 0 Å². The van der Waals surface area contributed by atoms with Crippen LogP contribution in [0.3, 0.4) is 0 Å². The highest BCUT2D eigenvalue weighted by Gasteiger charge is 2.13. The molecule has 15 heavy (non-hydrogen) atoms. The largest absolute Gasteiger partial charge is 0.262 e. The standard InChI is InChI=1S/C12H16BrNS/c13-11-6-12(8-14-7-11)15-9-10-4-2-1-3-5-10/h6-8,10H,1-5,9H2. The van der Waals surface area contributed by atoms with Gasteiger partial charge in [0.1, 0.15) is 0 Å². The molecule has 1 heterocycles. The van der Waals surface area contributed by atoms with Crippen molar-refractivity contribution in [3.8, 4) is 0 Å². The third kappa shape index (κ3) is 3.80. The maximum absolute atomic E-state index is 4.18. The second-order valence-electron chi connectivity index (χ2n) is 4.15. The Kier molecular flexibility index (Phi) is 4.51. The monoisotopic (exact) mass is 285 g/mol. The number of hydrogen-bond acceptors (Lipinski definition) is 2. The van der Waals surface area contributed by atoms with E-state index >= 15 is 0 Å². The summed E-state index contributed by atoms with van der Waals surface area (Å²) < 4.78 is 1.08. The smallest absolute Gasteiger partial charge is 0.0411 e. The SMILES string of the molecule is Brc1cncc(SCC2CCCCC2)c1. The van der Waals surface area contributed by atoms with Gasteiger partial charge in [0, 0.05) is 27.5 Å². The molecule has 0 bridgehead atoms. The fourth-order valence-corrected chi connectivity index (χ4v) is 3.66. The summed E-state index contributed by atoms with van der Waals surface area (Å²) in [6, 6.07) is 2.15. The van der Waals surface area contributed by atoms with Gasteiger partial charge in [-0.2, -0.15) is 0 Å². The van der Waals surface area contributed by atoms with Crippen molar-refractivity contribution in [1.82, 2.24) is 4.98 Å². The quantitative estimate of drug-likeness (QED) is 0.758. The average molecular weight is 286 g/mol. The Morgan fingerprint density at radius 2 is 2.07 bits per heavy atom. The van der Waals surface area contributed by atoms with E-state index in [1.165, 1.54) is 42.8 Å². The van der Waals surface area contributed by atoms with Crippen molar-refractivity contribution in [2.24, 2.45) is 5.92 Å². The predicted octanol–water partition coefficient (Wildman–Crippen LogP) is 4.52. The number of nitrogens with zero attached hydrogens (tertiary/aromatic N) is 1. The van der Waals surface area contributed by atoms with E-state index in [0.717, 1.165) is 10.4 Å². The van der Waals surface area contributed by atoms with E-state index in [1.54, 1.807) is 0 Å². The Bertz CT molecular complexity index is 310. The Morgan fingerprint density at radius 3 is 2.80 bits per heavy atom. The third-order valence-electron chi connectivity index (χ3n) is 2.89. The van der Waals surface area contributed by atoms with Crippen molar-refractivity contribution in [3.05, 3.63) is 22.9 Å². The van der Waals surface area contributed by atoms with Gasteiger partial charge in [-0.1, -0.05) is 19.3 Å². The minimum atomic E-state index is 0.933. The maximum Gasteiger partial charge on any atom is 0.0411 e. The zero-order valence-corrected chi connectivity index (χ0v) is 11.2. The Balaban J connectivity index is 1.81. The van der Waals surface area contributed by atoms with Crippen molar-refractivity contribution in [2.45, 2.75) is 37.0 Å². The predicted molar refractivity (Wildman–Crippen MR) is 69.2 cm³/mol. The van der Waals surface area contributed by atoms with Gasteiger partial charge in [-0.3, -0.25) is 4.98 Å². The molecule has 0 atom stereocenters. The Labute approximate surface area is 104 Å². The van der Waals surface area contributed by atoms with Crippen LogP contribution in [-0.2, 0) is 0 Å². The third-order valence-corrected chi connectivity index (χ3v) is 4.52. The van der Waals surface area contributed by atoms with Gasteiger partial charge >= 0.3 is 0 Å². The molecule has 1 saturated carbocycles. The molecule has 0 amide bonds. The van der Waals surface area contributed by atoms with Crippen LogP contribution in [0.2, 0.25) is 0 Å². The topological polar surface area (TPSA) is 12.9 Å². The summed E-state index contributed by atoms with van der Waals surface area (Å²) in [5.74, 6) is 2.20. The summed E-state index contributed by atoms with van der Waals surface area (Å²) in [6.45, 7) is 0. The van der Waals surface area contributed by atoms with Crippen LogP contribution in [0.1, 0.15) is 32.1 Å². The first-order chi connectivity index (χ1) is 7.34. The van der Waals surface area contributed by atoms with E-state index in [-0.39, 0.29) is 0 Å². The molecule has 3 heteroatoms. The molecule has 0 saturated heterocycles. The summed E-state index contributed by atoms with van der Waals surface area (Å²) in [4.78, 5) is 5.47. The van der Waals surface area contributed by atoms with Crippen molar-refractivity contribution in [2.75, 3.05) is 5.75 Å². The number of halogens is 1. The van der Waals surface area contributed by atoms with Crippen molar-refractivity contribution >= 4 is 27.7 Å². The molecule has 82 valence electrons. The molecule has 0 radical (unpaired) electrons. The molecule has 1 fully saturated rings. The van der Waals surface area contributed by atoms with Crippen molar-refractivity contribution in [3.63, 3.8) is 0 Å². The van der Waals surface area contributed by atoms with Gasteiger partial charge in [-0.15, -0.1) is 11.8 Å². The molecule has 0 aromatic carbocycles. The molecule has 0 aliphatic heterocycles. The first kappa shape index (κ1) is 11.5. The highest BCUT2D eigenvalue weighted by Crippen LogP contribution is 2.30. The fraction of sp³-hybridized carbons (Fsp3) is 0.583. The van der Waals surface area contributed by atoms with Crippen LogP contribution in [0.4, 0.5) is 0 Å². The maximum atomic E-state index is 4.18. The van der Waals surface area contributed by atoms with E-state index in [9.17, 15) is 0 Å². The molecular weight excluding hydrogens is 270 g/mol. The van der Waals surface area contributed by atoms with Crippen LogP contribution in [0, 0.1) is 5.92 Å². The second kappa shape index (κ2) is 5.90. The molecule has 0 N–H and O–H groups in total. The highest BCUT2D eigenvalue weighted by molar-refractivity contribution is 9.10. The van der Waals surface area contributed by atoms with Gasteiger partial charge in [0.25, 0.3) is 0 Å². The number of pyridine rings is 1. The van der Waals surface area contributed by atoms with E-state index in [1.807, 2.05) is 24.2 Å². The van der Waals surface area contributed by atoms with Crippen LogP contribution in [0.25, 0.3) is 0 Å². The lowest BCUT2D eigenvalue weighted by Crippen LogP contribution is -2.08. The lowest BCUT2D eigenvalue weighted by Gasteiger charge is -2.20. The van der Waals surface area contributed by atoms with Gasteiger partial charge in [-0.25, -0.2) is 0 Å². The minimum Gasteiger partial charge on any atom is -0.262 e. The lowest BCUT2D eigenvalue weighted by molar-refractivity contribution is 0.391. The highest BCUT2D eigenvalue weighted by atomic mass is 79.9. The van der Waals surface area contributed by atoms with Crippen LogP contribution in [0.5, 0.6) is 0 Å². The normalized spacial score (nSPS) is 17.9. The Morgan fingerprint density at radius 1 is 1.27 bits per heavy atom. The van der Waals surface area contributed by atoms with Gasteiger partial charge in [-0.05, 0) is 40.8 Å². The van der Waals surface area contributed by atoms with Gasteiger partial charge < -0.3 is 0 Å². The molecule has 1 aliphatic carbocycles. The second-order valence-corrected chi connectivity index (χ2v) is 6.16. The number of hydrogen-bond donors (Lipinski definition) is 0. The summed E-state index contributed by atoms with van der Waals surface area (Å²) in [6.07, 6.45) is 11.0. The molecule has 2 rings (SSSR count). The molecule has 1 aromatic heterocycles. The molecule has 0 unspecified atom stereocenters. The van der Waals surface area contributed by atoms with E-state index < -0.39 is 0 Å². The Hall–Kier alpha value is -0.0200. The zero-order chi connectivity index (χ0) is 10.5. The molecular formula is C12H16BrNS. The van der Waals surface area contributed by atoms with Gasteiger partial charge in [0.2, 0.25) is 0 Å². The summed E-state index contributed by atoms with van der Waals surface area (Å²) in [5.41, 5.74) is 0. The van der Waals surface area contributed by atoms with Crippen molar-refractivity contribution in [1.29, 1.82) is 0 Å². The first-order valence-corrected chi connectivity index (χ1v) is 7.36. The average Bonchev–Trinajstić information content (AvgIpc) is 2.28. The lowest BCUT2D eigenvalue weighted by atomic mass is 9.91. The molecule has 1 nitrogen and oxygen atoms in total. The molecule has 1 aromatic rings. The molecule has 1 aliphatic rings.